The summed E-state index contributed by atoms with van der Waals surface area (Å²) in [5.74, 6) is -0.0486. The van der Waals surface area contributed by atoms with Crippen LogP contribution >= 0.6 is 0 Å². The number of allylic oxidation sites excluding steroid dienone is 1. The van der Waals surface area contributed by atoms with Crippen LogP contribution in [0.3, 0.4) is 0 Å². The Morgan fingerprint density at radius 2 is 2.00 bits per heavy atom. The first-order valence-corrected chi connectivity index (χ1v) is 5.93. The first kappa shape index (κ1) is 13.6. The van der Waals surface area contributed by atoms with E-state index in [1.807, 2.05) is 0 Å². The maximum atomic E-state index is 11.7. The summed E-state index contributed by atoms with van der Waals surface area (Å²) in [4.78, 5) is 11.7. The van der Waals surface area contributed by atoms with Crippen LogP contribution in [0.2, 0.25) is 0 Å². The lowest BCUT2D eigenvalue weighted by Crippen LogP contribution is -2.24. The first-order chi connectivity index (χ1) is 8.13. The van der Waals surface area contributed by atoms with Gasteiger partial charge in [0.05, 0.1) is 0 Å². The van der Waals surface area contributed by atoms with Crippen molar-refractivity contribution in [1.29, 1.82) is 0 Å². The number of carbonyl (C=O) groups excluding carboxylic acids is 1. The zero-order valence-corrected chi connectivity index (χ0v) is 10.5. The van der Waals surface area contributed by atoms with Gasteiger partial charge in [0.25, 0.3) is 5.91 Å². The molecule has 2 nitrogen and oxygen atoms in total. The molecule has 1 N–H and O–H groups in total. The topological polar surface area (TPSA) is 29.1 Å². The molecule has 0 saturated heterocycles. The molecule has 0 aliphatic carbocycles. The van der Waals surface area contributed by atoms with Crippen LogP contribution in [0.25, 0.3) is 0 Å². The van der Waals surface area contributed by atoms with Crippen molar-refractivity contribution in [3.63, 3.8) is 0 Å². The van der Waals surface area contributed by atoms with Crippen molar-refractivity contribution < 1.29 is 4.79 Å². The molecule has 0 aliphatic rings. The molecule has 0 atom stereocenters. The van der Waals surface area contributed by atoms with Gasteiger partial charge in [0.15, 0.2) is 0 Å². The minimum absolute atomic E-state index is 0.0486. The minimum Gasteiger partial charge on any atom is -0.352 e. The van der Waals surface area contributed by atoms with Crippen molar-refractivity contribution in [3.05, 3.63) is 41.5 Å². The number of nitrogens with one attached hydrogen (secondary N) is 1. The third-order valence-corrected chi connectivity index (χ3v) is 2.65. The second-order valence-electron chi connectivity index (χ2n) is 4.07. The second-order valence-corrected chi connectivity index (χ2v) is 4.07. The quantitative estimate of drug-likeness (QED) is 0.465. The van der Waals surface area contributed by atoms with E-state index in [0.717, 1.165) is 12.8 Å². The number of hydrogen-bond acceptors (Lipinski definition) is 1. The Morgan fingerprint density at radius 1 is 1.35 bits per heavy atom. The SMILES string of the molecule is [B]c1ccc(C(=O)NCC/C=C(\C)CC)cc1. The lowest BCUT2D eigenvalue weighted by atomic mass is 9.95. The highest BCUT2D eigenvalue weighted by molar-refractivity contribution is 6.32. The van der Waals surface area contributed by atoms with Crippen molar-refractivity contribution in [2.45, 2.75) is 26.7 Å². The van der Waals surface area contributed by atoms with E-state index >= 15 is 0 Å². The third kappa shape index (κ3) is 4.90. The monoisotopic (exact) mass is 227 g/mol. The molecular weight excluding hydrogens is 209 g/mol. The Labute approximate surface area is 105 Å². The van der Waals surface area contributed by atoms with Gasteiger partial charge in [-0.25, -0.2) is 0 Å². The number of hydrogen-bond donors (Lipinski definition) is 1. The highest BCUT2D eigenvalue weighted by atomic mass is 16.1. The van der Waals surface area contributed by atoms with Crippen molar-refractivity contribution in [2.24, 2.45) is 0 Å². The lowest BCUT2D eigenvalue weighted by Gasteiger charge is -2.04. The van der Waals surface area contributed by atoms with Gasteiger partial charge in [-0.05, 0) is 19.8 Å². The second kappa shape index (κ2) is 6.95. The summed E-state index contributed by atoms with van der Waals surface area (Å²) in [5.41, 5.74) is 2.67. The fourth-order valence-electron chi connectivity index (χ4n) is 1.39. The van der Waals surface area contributed by atoms with Gasteiger partial charge in [0.1, 0.15) is 7.85 Å². The zero-order valence-electron chi connectivity index (χ0n) is 10.5. The summed E-state index contributed by atoms with van der Waals surface area (Å²) >= 11 is 0. The van der Waals surface area contributed by atoms with Gasteiger partial charge in [-0.1, -0.05) is 48.3 Å². The fourth-order valence-corrected chi connectivity index (χ4v) is 1.39. The predicted octanol–water partition coefficient (Wildman–Crippen LogP) is 1.96. The van der Waals surface area contributed by atoms with Gasteiger partial charge in [-0.2, -0.15) is 0 Å². The van der Waals surface area contributed by atoms with Crippen LogP contribution in [0, 0.1) is 0 Å². The summed E-state index contributed by atoms with van der Waals surface area (Å²) in [6.45, 7) is 4.89. The van der Waals surface area contributed by atoms with E-state index in [0.29, 0.717) is 17.6 Å². The third-order valence-electron chi connectivity index (χ3n) is 2.65. The van der Waals surface area contributed by atoms with Crippen LogP contribution in [-0.2, 0) is 0 Å². The molecule has 88 valence electrons. The van der Waals surface area contributed by atoms with Gasteiger partial charge in [0.2, 0.25) is 0 Å². The summed E-state index contributed by atoms with van der Waals surface area (Å²) < 4.78 is 0. The molecule has 0 aliphatic heterocycles. The Kier molecular flexibility index (Phi) is 5.54. The zero-order chi connectivity index (χ0) is 12.7. The molecule has 1 rings (SSSR count). The molecule has 0 bridgehead atoms. The van der Waals surface area contributed by atoms with E-state index in [1.165, 1.54) is 5.57 Å². The van der Waals surface area contributed by atoms with E-state index in [-0.39, 0.29) is 5.91 Å². The summed E-state index contributed by atoms with van der Waals surface area (Å²) in [6.07, 6.45) is 4.09. The van der Waals surface area contributed by atoms with E-state index in [1.54, 1.807) is 24.3 Å². The highest BCUT2D eigenvalue weighted by Gasteiger charge is 2.02. The minimum atomic E-state index is -0.0486. The lowest BCUT2D eigenvalue weighted by molar-refractivity contribution is 0.0954. The van der Waals surface area contributed by atoms with E-state index in [9.17, 15) is 4.79 Å². The van der Waals surface area contributed by atoms with Crippen LogP contribution in [0.1, 0.15) is 37.0 Å². The maximum absolute atomic E-state index is 11.7. The molecule has 0 unspecified atom stereocenters. The molecule has 2 radical (unpaired) electrons. The molecule has 1 aromatic carbocycles. The molecule has 0 aromatic heterocycles. The average molecular weight is 227 g/mol. The largest absolute Gasteiger partial charge is 0.352 e. The molecule has 1 aromatic rings. The normalized spacial score (nSPS) is 11.3. The van der Waals surface area contributed by atoms with Crippen molar-refractivity contribution in [3.8, 4) is 0 Å². The number of carbonyl (C=O) groups is 1. The fraction of sp³-hybridized carbons (Fsp3) is 0.357. The van der Waals surface area contributed by atoms with E-state index < -0.39 is 0 Å². The van der Waals surface area contributed by atoms with Gasteiger partial charge < -0.3 is 5.32 Å². The van der Waals surface area contributed by atoms with Crippen LogP contribution in [-0.4, -0.2) is 20.3 Å². The van der Waals surface area contributed by atoms with Crippen molar-refractivity contribution >= 4 is 19.2 Å². The molecule has 17 heavy (non-hydrogen) atoms. The van der Waals surface area contributed by atoms with Gasteiger partial charge in [-0.3, -0.25) is 4.79 Å². The summed E-state index contributed by atoms with van der Waals surface area (Å²) in [7, 11) is 5.56. The molecule has 0 heterocycles. The van der Waals surface area contributed by atoms with Crippen molar-refractivity contribution in [2.75, 3.05) is 6.54 Å². The number of benzene rings is 1. The molecule has 0 spiro atoms. The molecular formula is C14H18BNO. The van der Waals surface area contributed by atoms with Gasteiger partial charge >= 0.3 is 0 Å². The van der Waals surface area contributed by atoms with Crippen molar-refractivity contribution in [1.82, 2.24) is 5.32 Å². The van der Waals surface area contributed by atoms with E-state index in [2.05, 4.69) is 25.2 Å². The van der Waals surface area contributed by atoms with Gasteiger partial charge in [-0.15, -0.1) is 0 Å². The smallest absolute Gasteiger partial charge is 0.251 e. The van der Waals surface area contributed by atoms with E-state index in [4.69, 9.17) is 7.85 Å². The maximum Gasteiger partial charge on any atom is 0.251 e. The van der Waals surface area contributed by atoms with Crippen LogP contribution in [0.15, 0.2) is 35.9 Å². The Morgan fingerprint density at radius 3 is 2.59 bits per heavy atom. The molecule has 3 heteroatoms. The predicted molar refractivity (Wildman–Crippen MR) is 72.8 cm³/mol. The van der Waals surface area contributed by atoms with Gasteiger partial charge in [0, 0.05) is 12.1 Å². The Balaban J connectivity index is 2.38. The number of amides is 1. The summed E-state index contributed by atoms with van der Waals surface area (Å²) in [6, 6.07) is 6.93. The molecule has 0 fully saturated rings. The van der Waals surface area contributed by atoms with Crippen LogP contribution < -0.4 is 10.8 Å². The average Bonchev–Trinajstić information content (AvgIpc) is 2.34. The first-order valence-electron chi connectivity index (χ1n) is 5.93. The Bertz CT molecular complexity index is 395. The highest BCUT2D eigenvalue weighted by Crippen LogP contribution is 2.00. The Hall–Kier alpha value is -1.51. The summed E-state index contributed by atoms with van der Waals surface area (Å²) in [5, 5.41) is 2.87. The molecule has 1 amide bonds. The van der Waals surface area contributed by atoms with Crippen LogP contribution in [0.5, 0.6) is 0 Å². The number of rotatable bonds is 5. The van der Waals surface area contributed by atoms with Crippen LogP contribution in [0.4, 0.5) is 0 Å². The molecule has 0 saturated carbocycles. The standard InChI is InChI=1S/C14H18BNO/c1-3-11(2)5-4-10-16-14(17)12-6-8-13(15)9-7-12/h5-9H,3-4,10H2,1-2H3,(H,16,17)/b11-5+.